The number of nitrogens with one attached hydrogen (secondary N) is 1. The van der Waals surface area contributed by atoms with Gasteiger partial charge in [-0.2, -0.15) is 0 Å². The molecule has 1 aromatic carbocycles. The predicted octanol–water partition coefficient (Wildman–Crippen LogP) is 0.306. The summed E-state index contributed by atoms with van der Waals surface area (Å²) in [4.78, 5) is 10.9. The van der Waals surface area contributed by atoms with E-state index in [0.29, 0.717) is 0 Å². The van der Waals surface area contributed by atoms with E-state index in [1.807, 2.05) is 0 Å². The highest BCUT2D eigenvalue weighted by Gasteiger charge is 2.37. The Morgan fingerprint density at radius 2 is 1.79 bits per heavy atom. The minimum absolute atomic E-state index is 0.0667. The Morgan fingerprint density at radius 1 is 1.21 bits per heavy atom. The molecular formula is C9H9NO3S. The third-order valence-electron chi connectivity index (χ3n) is 2.14. The minimum atomic E-state index is -3.37. The number of benzene rings is 1. The van der Waals surface area contributed by atoms with Crippen LogP contribution in [-0.4, -0.2) is 19.7 Å². The number of amides is 1. The second-order valence-electron chi connectivity index (χ2n) is 3.12. The highest BCUT2D eigenvalue weighted by atomic mass is 32.2. The summed E-state index contributed by atoms with van der Waals surface area (Å²) in [6, 6.07) is 8.12. The lowest BCUT2D eigenvalue weighted by Crippen LogP contribution is -2.52. The molecule has 1 fully saturated rings. The van der Waals surface area contributed by atoms with E-state index in [4.69, 9.17) is 0 Å². The Kier molecular flexibility index (Phi) is 2.03. The van der Waals surface area contributed by atoms with Gasteiger partial charge in [0.05, 0.1) is 11.3 Å². The van der Waals surface area contributed by atoms with Gasteiger partial charge in [-0.25, -0.2) is 8.42 Å². The maximum Gasteiger partial charge on any atom is 0.224 e. The van der Waals surface area contributed by atoms with Crippen molar-refractivity contribution in [1.82, 2.24) is 5.32 Å². The van der Waals surface area contributed by atoms with Gasteiger partial charge in [-0.1, -0.05) is 18.2 Å². The molecule has 1 aromatic rings. The van der Waals surface area contributed by atoms with Crippen LogP contribution >= 0.6 is 0 Å². The van der Waals surface area contributed by atoms with Gasteiger partial charge in [-0.15, -0.1) is 0 Å². The number of rotatable bonds is 2. The maximum atomic E-state index is 11.7. The van der Waals surface area contributed by atoms with Crippen LogP contribution in [0.4, 0.5) is 0 Å². The molecule has 0 radical (unpaired) electrons. The molecule has 0 bridgehead atoms. The first-order valence-electron chi connectivity index (χ1n) is 4.19. The van der Waals surface area contributed by atoms with E-state index in [-0.39, 0.29) is 17.2 Å². The van der Waals surface area contributed by atoms with Gasteiger partial charge in [0.2, 0.25) is 5.91 Å². The molecule has 14 heavy (non-hydrogen) atoms. The van der Waals surface area contributed by atoms with Gasteiger partial charge < -0.3 is 5.32 Å². The van der Waals surface area contributed by atoms with E-state index in [0.717, 1.165) is 0 Å². The number of sulfone groups is 1. The third-order valence-corrected chi connectivity index (χ3v) is 4.10. The summed E-state index contributed by atoms with van der Waals surface area (Å²) in [5, 5.41) is 1.62. The smallest absolute Gasteiger partial charge is 0.224 e. The van der Waals surface area contributed by atoms with Crippen molar-refractivity contribution in [3.05, 3.63) is 30.3 Å². The molecule has 1 atom stereocenters. The molecule has 0 aromatic heterocycles. The molecule has 5 heteroatoms. The molecule has 0 saturated carbocycles. The third kappa shape index (κ3) is 1.39. The number of carbonyl (C=O) groups excluding carboxylic acids is 1. The van der Waals surface area contributed by atoms with Crippen molar-refractivity contribution < 1.29 is 13.2 Å². The first-order chi connectivity index (χ1) is 6.60. The van der Waals surface area contributed by atoms with Crippen LogP contribution in [0.25, 0.3) is 0 Å². The summed E-state index contributed by atoms with van der Waals surface area (Å²) in [7, 11) is -3.37. The van der Waals surface area contributed by atoms with Gasteiger partial charge in [0.25, 0.3) is 0 Å². The topological polar surface area (TPSA) is 63.2 Å². The Bertz CT molecular complexity index is 444. The lowest BCUT2D eigenvalue weighted by atomic mass is 10.3. The molecule has 1 N–H and O–H groups in total. The van der Waals surface area contributed by atoms with Gasteiger partial charge in [-0.3, -0.25) is 4.79 Å². The molecule has 74 valence electrons. The first-order valence-corrected chi connectivity index (χ1v) is 5.73. The Hall–Kier alpha value is -1.36. The van der Waals surface area contributed by atoms with E-state index in [9.17, 15) is 13.2 Å². The van der Waals surface area contributed by atoms with Gasteiger partial charge >= 0.3 is 0 Å². The number of hydrogen-bond acceptors (Lipinski definition) is 3. The van der Waals surface area contributed by atoms with E-state index < -0.39 is 15.2 Å². The van der Waals surface area contributed by atoms with Crippen molar-refractivity contribution in [1.29, 1.82) is 0 Å². The van der Waals surface area contributed by atoms with Crippen molar-refractivity contribution in [3.8, 4) is 0 Å². The Morgan fingerprint density at radius 3 is 2.29 bits per heavy atom. The molecule has 1 saturated heterocycles. The van der Waals surface area contributed by atoms with Crippen LogP contribution in [0.2, 0.25) is 0 Å². The van der Waals surface area contributed by atoms with Crippen molar-refractivity contribution in [2.24, 2.45) is 0 Å². The highest BCUT2D eigenvalue weighted by molar-refractivity contribution is 7.92. The summed E-state index contributed by atoms with van der Waals surface area (Å²) in [5.41, 5.74) is 0. The molecule has 1 aliphatic rings. The zero-order valence-electron chi connectivity index (χ0n) is 7.30. The van der Waals surface area contributed by atoms with Crippen LogP contribution in [0.5, 0.6) is 0 Å². The molecule has 1 aliphatic heterocycles. The number of carbonyl (C=O) groups is 1. The van der Waals surface area contributed by atoms with Crippen molar-refractivity contribution in [3.63, 3.8) is 0 Å². The second kappa shape index (κ2) is 3.09. The van der Waals surface area contributed by atoms with E-state index in [1.54, 1.807) is 18.2 Å². The summed E-state index contributed by atoms with van der Waals surface area (Å²) >= 11 is 0. The average Bonchev–Trinajstić information content (AvgIpc) is 2.14. The zero-order chi connectivity index (χ0) is 10.2. The molecule has 1 heterocycles. The second-order valence-corrected chi connectivity index (χ2v) is 5.25. The largest absolute Gasteiger partial charge is 0.339 e. The van der Waals surface area contributed by atoms with Crippen LogP contribution in [0.3, 0.4) is 0 Å². The van der Waals surface area contributed by atoms with Gasteiger partial charge in [0, 0.05) is 0 Å². The Labute approximate surface area is 81.9 Å². The average molecular weight is 211 g/mol. The molecule has 1 unspecified atom stereocenters. The fourth-order valence-electron chi connectivity index (χ4n) is 1.29. The summed E-state index contributed by atoms with van der Waals surface area (Å²) in [6.07, 6.45) is 0.0667. The fourth-order valence-corrected chi connectivity index (χ4v) is 2.81. The fraction of sp³-hybridized carbons (Fsp3) is 0.222. The normalized spacial score (nSPS) is 21.1. The lowest BCUT2D eigenvalue weighted by Gasteiger charge is -2.26. The molecule has 2 rings (SSSR count). The van der Waals surface area contributed by atoms with Crippen LogP contribution < -0.4 is 5.32 Å². The SMILES string of the molecule is O=C1CC(S(=O)(=O)c2ccccc2)N1. The van der Waals surface area contributed by atoms with E-state index in [1.165, 1.54) is 12.1 Å². The Balaban J connectivity index is 2.30. The van der Waals surface area contributed by atoms with E-state index in [2.05, 4.69) is 5.32 Å². The summed E-state index contributed by atoms with van der Waals surface area (Å²) < 4.78 is 23.5. The predicted molar refractivity (Wildman–Crippen MR) is 50.2 cm³/mol. The molecule has 0 spiro atoms. The molecule has 0 aliphatic carbocycles. The molecule has 1 amide bonds. The van der Waals surface area contributed by atoms with Crippen molar-refractivity contribution in [2.75, 3.05) is 0 Å². The zero-order valence-corrected chi connectivity index (χ0v) is 8.12. The first kappa shape index (κ1) is 9.21. The lowest BCUT2D eigenvalue weighted by molar-refractivity contribution is -0.126. The van der Waals surface area contributed by atoms with Crippen LogP contribution in [0, 0.1) is 0 Å². The van der Waals surface area contributed by atoms with Crippen molar-refractivity contribution >= 4 is 15.7 Å². The van der Waals surface area contributed by atoms with Gasteiger partial charge in [0.15, 0.2) is 9.84 Å². The van der Waals surface area contributed by atoms with Crippen LogP contribution in [0.15, 0.2) is 35.2 Å². The highest BCUT2D eigenvalue weighted by Crippen LogP contribution is 2.20. The monoisotopic (exact) mass is 211 g/mol. The standard InChI is InChI=1S/C9H9NO3S/c11-8-6-9(10-8)14(12,13)7-4-2-1-3-5-7/h1-5,9H,6H2,(H,10,11). The number of β-lactam (4-membered cyclic amide) rings is 1. The van der Waals surface area contributed by atoms with E-state index >= 15 is 0 Å². The van der Waals surface area contributed by atoms with Crippen LogP contribution in [-0.2, 0) is 14.6 Å². The number of hydrogen-bond donors (Lipinski definition) is 1. The maximum absolute atomic E-state index is 11.7. The minimum Gasteiger partial charge on any atom is -0.339 e. The van der Waals surface area contributed by atoms with Crippen molar-refractivity contribution in [2.45, 2.75) is 16.7 Å². The van der Waals surface area contributed by atoms with Crippen LogP contribution in [0.1, 0.15) is 6.42 Å². The van der Waals surface area contributed by atoms with Gasteiger partial charge in [0.1, 0.15) is 5.37 Å². The molecular weight excluding hydrogens is 202 g/mol. The summed E-state index contributed by atoms with van der Waals surface area (Å²) in [5.74, 6) is -0.213. The summed E-state index contributed by atoms with van der Waals surface area (Å²) in [6.45, 7) is 0. The quantitative estimate of drug-likeness (QED) is 0.716. The molecule has 4 nitrogen and oxygen atoms in total. The van der Waals surface area contributed by atoms with Gasteiger partial charge in [-0.05, 0) is 12.1 Å².